The standard InChI is InChI=1S/C13H20N2O/c1-11-3-4-13(10-14,9-12(11)2)15-5-7-16-8-6-15/h3-9H2,1-2H3. The molecule has 2 rings (SSSR count). The Morgan fingerprint density at radius 1 is 1.25 bits per heavy atom. The molecule has 0 spiro atoms. The zero-order valence-corrected chi connectivity index (χ0v) is 10.3. The third kappa shape index (κ3) is 2.00. The summed E-state index contributed by atoms with van der Waals surface area (Å²) in [6, 6.07) is 2.57. The van der Waals surface area contributed by atoms with Crippen molar-refractivity contribution in [2.45, 2.75) is 38.6 Å². The second-order valence-corrected chi connectivity index (χ2v) is 4.98. The fourth-order valence-electron chi connectivity index (χ4n) is 2.71. The Morgan fingerprint density at radius 2 is 1.94 bits per heavy atom. The molecule has 1 aliphatic carbocycles. The predicted molar refractivity (Wildman–Crippen MR) is 63.0 cm³/mol. The maximum atomic E-state index is 9.54. The Kier molecular flexibility index (Phi) is 3.32. The lowest BCUT2D eigenvalue weighted by molar-refractivity contribution is -0.00759. The molecule has 0 bridgehead atoms. The first-order valence-corrected chi connectivity index (χ1v) is 6.07. The molecule has 1 unspecified atom stereocenters. The average Bonchev–Trinajstić information content (AvgIpc) is 2.34. The summed E-state index contributed by atoms with van der Waals surface area (Å²) in [5.74, 6) is 0. The van der Waals surface area contributed by atoms with E-state index in [1.54, 1.807) is 0 Å². The van der Waals surface area contributed by atoms with Crippen LogP contribution in [0.1, 0.15) is 33.1 Å². The number of hydrogen-bond acceptors (Lipinski definition) is 3. The second-order valence-electron chi connectivity index (χ2n) is 4.98. The molecule has 2 aliphatic rings. The van der Waals surface area contributed by atoms with Crippen molar-refractivity contribution in [1.29, 1.82) is 5.26 Å². The van der Waals surface area contributed by atoms with Crippen molar-refractivity contribution in [3.8, 4) is 6.07 Å². The van der Waals surface area contributed by atoms with Crippen LogP contribution >= 0.6 is 0 Å². The Labute approximate surface area is 97.7 Å². The van der Waals surface area contributed by atoms with Gasteiger partial charge in [-0.1, -0.05) is 11.1 Å². The Bertz CT molecular complexity index is 336. The number of nitrogens with zero attached hydrogens (tertiary/aromatic N) is 2. The number of allylic oxidation sites excluding steroid dienone is 1. The third-order valence-corrected chi connectivity index (χ3v) is 4.02. The van der Waals surface area contributed by atoms with Gasteiger partial charge in [0.05, 0.1) is 19.3 Å². The van der Waals surface area contributed by atoms with Gasteiger partial charge in [0.25, 0.3) is 0 Å². The van der Waals surface area contributed by atoms with Crippen LogP contribution in [-0.4, -0.2) is 36.7 Å². The van der Waals surface area contributed by atoms with Crippen molar-refractivity contribution >= 4 is 0 Å². The topological polar surface area (TPSA) is 36.3 Å². The molecule has 0 saturated carbocycles. The van der Waals surface area contributed by atoms with Gasteiger partial charge in [-0.25, -0.2) is 0 Å². The Morgan fingerprint density at radius 3 is 2.50 bits per heavy atom. The maximum Gasteiger partial charge on any atom is 0.113 e. The normalized spacial score (nSPS) is 32.6. The van der Waals surface area contributed by atoms with Crippen LogP contribution in [-0.2, 0) is 4.74 Å². The smallest absolute Gasteiger partial charge is 0.113 e. The number of nitriles is 1. The van der Waals surface area contributed by atoms with Crippen LogP contribution < -0.4 is 0 Å². The molecule has 88 valence electrons. The molecule has 1 aliphatic heterocycles. The van der Waals surface area contributed by atoms with Gasteiger partial charge in [-0.2, -0.15) is 5.26 Å². The molecule has 0 amide bonds. The van der Waals surface area contributed by atoms with E-state index >= 15 is 0 Å². The Hall–Kier alpha value is -0.850. The van der Waals surface area contributed by atoms with Gasteiger partial charge in [0.2, 0.25) is 0 Å². The van der Waals surface area contributed by atoms with E-state index in [9.17, 15) is 5.26 Å². The summed E-state index contributed by atoms with van der Waals surface area (Å²) in [6.07, 6.45) is 2.96. The van der Waals surface area contributed by atoms with Crippen molar-refractivity contribution in [1.82, 2.24) is 4.90 Å². The highest BCUT2D eigenvalue weighted by Gasteiger charge is 2.39. The average molecular weight is 220 g/mol. The van der Waals surface area contributed by atoms with E-state index in [0.717, 1.165) is 45.6 Å². The van der Waals surface area contributed by atoms with E-state index in [2.05, 4.69) is 24.8 Å². The molecule has 3 heteroatoms. The first-order chi connectivity index (χ1) is 7.68. The quantitative estimate of drug-likeness (QED) is 0.635. The summed E-state index contributed by atoms with van der Waals surface area (Å²) in [7, 11) is 0. The fraction of sp³-hybridized carbons (Fsp3) is 0.769. The summed E-state index contributed by atoms with van der Waals surface area (Å²) in [5, 5.41) is 9.54. The number of morpholine rings is 1. The van der Waals surface area contributed by atoms with Gasteiger partial charge in [0.15, 0.2) is 0 Å². The van der Waals surface area contributed by atoms with E-state index in [1.807, 2.05) is 0 Å². The SMILES string of the molecule is CC1=C(C)CC(C#N)(N2CCOCC2)CC1. The lowest BCUT2D eigenvalue weighted by Gasteiger charge is -2.43. The van der Waals surface area contributed by atoms with Crippen molar-refractivity contribution in [3.05, 3.63) is 11.1 Å². The first kappa shape index (κ1) is 11.6. The molecule has 0 aromatic rings. The highest BCUT2D eigenvalue weighted by atomic mass is 16.5. The van der Waals surface area contributed by atoms with Gasteiger partial charge in [-0.15, -0.1) is 0 Å². The van der Waals surface area contributed by atoms with Crippen molar-refractivity contribution < 1.29 is 4.74 Å². The minimum Gasteiger partial charge on any atom is -0.379 e. The molecule has 1 fully saturated rings. The first-order valence-electron chi connectivity index (χ1n) is 6.07. The molecule has 0 aromatic carbocycles. The molecule has 0 N–H and O–H groups in total. The third-order valence-electron chi connectivity index (χ3n) is 4.02. The van der Waals surface area contributed by atoms with Gasteiger partial charge >= 0.3 is 0 Å². The number of ether oxygens (including phenoxy) is 1. The molecule has 3 nitrogen and oxygen atoms in total. The van der Waals surface area contributed by atoms with Gasteiger partial charge < -0.3 is 4.74 Å². The zero-order chi connectivity index (χ0) is 11.6. The summed E-state index contributed by atoms with van der Waals surface area (Å²) < 4.78 is 5.36. The van der Waals surface area contributed by atoms with E-state index in [0.29, 0.717) is 0 Å². The van der Waals surface area contributed by atoms with Crippen LogP contribution in [0.25, 0.3) is 0 Å². The van der Waals surface area contributed by atoms with Gasteiger partial charge in [-0.3, -0.25) is 4.90 Å². The van der Waals surface area contributed by atoms with E-state index in [1.165, 1.54) is 11.1 Å². The van der Waals surface area contributed by atoms with Crippen LogP contribution in [0.5, 0.6) is 0 Å². The largest absolute Gasteiger partial charge is 0.379 e. The predicted octanol–water partition coefficient (Wildman–Crippen LogP) is 2.10. The summed E-state index contributed by atoms with van der Waals surface area (Å²) >= 11 is 0. The van der Waals surface area contributed by atoms with Gasteiger partial charge in [0, 0.05) is 19.5 Å². The fourth-order valence-corrected chi connectivity index (χ4v) is 2.71. The van der Waals surface area contributed by atoms with Crippen LogP contribution in [0.4, 0.5) is 0 Å². The molecule has 1 heterocycles. The molecular weight excluding hydrogens is 200 g/mol. The van der Waals surface area contributed by atoms with E-state index in [4.69, 9.17) is 4.74 Å². The van der Waals surface area contributed by atoms with Gasteiger partial charge in [0.1, 0.15) is 5.54 Å². The Balaban J connectivity index is 2.18. The molecule has 0 radical (unpaired) electrons. The van der Waals surface area contributed by atoms with Gasteiger partial charge in [-0.05, 0) is 26.7 Å². The van der Waals surface area contributed by atoms with Crippen LogP contribution in [0.15, 0.2) is 11.1 Å². The highest BCUT2D eigenvalue weighted by Crippen LogP contribution is 2.36. The van der Waals surface area contributed by atoms with E-state index < -0.39 is 0 Å². The highest BCUT2D eigenvalue weighted by molar-refractivity contribution is 5.25. The number of rotatable bonds is 1. The van der Waals surface area contributed by atoms with Crippen molar-refractivity contribution in [2.24, 2.45) is 0 Å². The van der Waals surface area contributed by atoms with Crippen molar-refractivity contribution in [2.75, 3.05) is 26.3 Å². The summed E-state index contributed by atoms with van der Waals surface area (Å²) in [5.41, 5.74) is 2.62. The van der Waals surface area contributed by atoms with Crippen LogP contribution in [0, 0.1) is 11.3 Å². The van der Waals surface area contributed by atoms with Crippen molar-refractivity contribution in [3.63, 3.8) is 0 Å². The molecule has 0 aromatic heterocycles. The number of hydrogen-bond donors (Lipinski definition) is 0. The van der Waals surface area contributed by atoms with E-state index in [-0.39, 0.29) is 5.54 Å². The molecule has 1 saturated heterocycles. The summed E-state index contributed by atoms with van der Waals surface area (Å²) in [4.78, 5) is 2.33. The lowest BCUT2D eigenvalue weighted by Crippen LogP contribution is -2.53. The summed E-state index contributed by atoms with van der Waals surface area (Å²) in [6.45, 7) is 7.70. The lowest BCUT2D eigenvalue weighted by atomic mass is 9.78. The second kappa shape index (κ2) is 4.57. The minimum atomic E-state index is -0.257. The molecular formula is C13H20N2O. The van der Waals surface area contributed by atoms with Crippen LogP contribution in [0.2, 0.25) is 0 Å². The monoisotopic (exact) mass is 220 g/mol. The van der Waals surface area contributed by atoms with Crippen LogP contribution in [0.3, 0.4) is 0 Å². The molecule has 16 heavy (non-hydrogen) atoms. The maximum absolute atomic E-state index is 9.54. The molecule has 1 atom stereocenters. The zero-order valence-electron chi connectivity index (χ0n) is 10.3. The minimum absolute atomic E-state index is 0.257.